The predicted molar refractivity (Wildman–Crippen MR) is 77.6 cm³/mol. The summed E-state index contributed by atoms with van der Waals surface area (Å²) in [5.41, 5.74) is 0.424. The van der Waals surface area contributed by atoms with Crippen molar-refractivity contribution in [3.63, 3.8) is 0 Å². The lowest BCUT2D eigenvalue weighted by Gasteiger charge is -2.28. The molecule has 2 aliphatic rings. The van der Waals surface area contributed by atoms with E-state index in [0.717, 1.165) is 37.0 Å². The molecule has 1 fully saturated rings. The first-order chi connectivity index (χ1) is 8.88. The molecule has 0 radical (unpaired) electrons. The molecule has 1 aromatic heterocycles. The van der Waals surface area contributed by atoms with Crippen LogP contribution in [0.15, 0.2) is 14.7 Å². The molecule has 0 aromatic carbocycles. The molecule has 19 heavy (non-hydrogen) atoms. The fourth-order valence-corrected chi connectivity index (χ4v) is 5.21. The van der Waals surface area contributed by atoms with E-state index in [1.165, 1.54) is 0 Å². The maximum absolute atomic E-state index is 12.1. The summed E-state index contributed by atoms with van der Waals surface area (Å²) in [7, 11) is -3.64. The molecule has 5 nitrogen and oxygen atoms in total. The van der Waals surface area contributed by atoms with Crippen LogP contribution in [-0.4, -0.2) is 19.9 Å². The third kappa shape index (κ3) is 2.46. The summed E-state index contributed by atoms with van der Waals surface area (Å²) < 4.78 is 28.5. The molecular weight excluding hydrogens is 306 g/mol. The summed E-state index contributed by atoms with van der Waals surface area (Å²) in [6.07, 6.45) is 4.34. The normalized spacial score (nSPS) is 23.4. The highest BCUT2D eigenvalue weighted by molar-refractivity contribution is 7.92. The van der Waals surface area contributed by atoms with Crippen molar-refractivity contribution in [2.24, 2.45) is 4.40 Å². The third-order valence-electron chi connectivity index (χ3n) is 3.49. The lowest BCUT2D eigenvalue weighted by Crippen LogP contribution is -2.47. The smallest absolute Gasteiger partial charge is 0.297 e. The molecule has 104 valence electrons. The van der Waals surface area contributed by atoms with Crippen LogP contribution < -0.4 is 10.6 Å². The fourth-order valence-electron chi connectivity index (χ4n) is 2.56. The van der Waals surface area contributed by atoms with Crippen molar-refractivity contribution < 1.29 is 8.42 Å². The maximum Gasteiger partial charge on any atom is 0.297 e. The minimum absolute atomic E-state index is 0.0847. The minimum Gasteiger partial charge on any atom is -0.350 e. The zero-order valence-corrected chi connectivity index (χ0v) is 12.8. The number of nitrogens with one attached hydrogen (secondary N) is 2. The lowest BCUT2D eigenvalue weighted by molar-refractivity contribution is 0.431. The highest BCUT2D eigenvalue weighted by atomic mass is 35.5. The van der Waals surface area contributed by atoms with Crippen molar-refractivity contribution in [1.82, 2.24) is 5.32 Å². The van der Waals surface area contributed by atoms with E-state index in [1.54, 1.807) is 6.07 Å². The van der Waals surface area contributed by atoms with E-state index in [-0.39, 0.29) is 9.75 Å². The van der Waals surface area contributed by atoms with Crippen LogP contribution in [-0.2, 0) is 10.0 Å². The van der Waals surface area contributed by atoms with E-state index < -0.39 is 10.0 Å². The van der Waals surface area contributed by atoms with Gasteiger partial charge in [-0.3, -0.25) is 0 Å². The second kappa shape index (κ2) is 4.36. The molecule has 2 heterocycles. The van der Waals surface area contributed by atoms with Gasteiger partial charge in [0.1, 0.15) is 0 Å². The predicted octanol–water partition coefficient (Wildman–Crippen LogP) is 2.79. The molecule has 1 aliphatic heterocycles. The SMILES string of the molecule is CC1(NC2=NS(=O)(=O)c3sc(Cl)cc3N2)CCCC1. The van der Waals surface area contributed by atoms with Gasteiger partial charge < -0.3 is 10.6 Å². The van der Waals surface area contributed by atoms with Crippen LogP contribution in [0.3, 0.4) is 0 Å². The van der Waals surface area contributed by atoms with Crippen molar-refractivity contribution in [3.8, 4) is 0 Å². The average Bonchev–Trinajstić information content (AvgIpc) is 2.84. The van der Waals surface area contributed by atoms with Crippen molar-refractivity contribution in [2.75, 3.05) is 5.32 Å². The number of nitrogens with zero attached hydrogens (tertiary/aromatic N) is 1. The van der Waals surface area contributed by atoms with Crippen LogP contribution in [0.1, 0.15) is 32.6 Å². The van der Waals surface area contributed by atoms with Gasteiger partial charge in [0, 0.05) is 5.54 Å². The number of thiophene rings is 1. The Bertz CT molecular complexity index is 645. The van der Waals surface area contributed by atoms with Crippen LogP contribution in [0.25, 0.3) is 0 Å². The zero-order chi connectivity index (χ0) is 13.7. The number of fused-ring (bicyclic) bond motifs is 1. The summed E-state index contributed by atoms with van der Waals surface area (Å²) in [5, 5.41) is 6.23. The Hall–Kier alpha value is -0.790. The molecule has 0 amide bonds. The van der Waals surface area contributed by atoms with E-state index in [4.69, 9.17) is 11.6 Å². The number of hydrogen-bond acceptors (Lipinski definition) is 5. The first-order valence-electron chi connectivity index (χ1n) is 6.08. The number of halogens is 1. The Kier molecular flexibility index (Phi) is 3.03. The summed E-state index contributed by atoms with van der Waals surface area (Å²) in [6, 6.07) is 1.62. The van der Waals surface area contributed by atoms with Gasteiger partial charge in [0.15, 0.2) is 4.21 Å². The molecule has 0 unspecified atom stereocenters. The molecular formula is C11H14ClN3O2S2. The zero-order valence-electron chi connectivity index (χ0n) is 10.4. The molecule has 2 N–H and O–H groups in total. The topological polar surface area (TPSA) is 70.6 Å². The summed E-state index contributed by atoms with van der Waals surface area (Å²) in [4.78, 5) is 0. The molecule has 0 bridgehead atoms. The molecule has 3 rings (SSSR count). The average molecular weight is 320 g/mol. The van der Waals surface area contributed by atoms with E-state index in [2.05, 4.69) is 22.0 Å². The summed E-state index contributed by atoms with van der Waals surface area (Å²) >= 11 is 6.89. The molecule has 1 aliphatic carbocycles. The van der Waals surface area contributed by atoms with Crippen LogP contribution in [0, 0.1) is 0 Å². The molecule has 0 atom stereocenters. The monoisotopic (exact) mass is 319 g/mol. The van der Waals surface area contributed by atoms with Crippen molar-refractivity contribution in [3.05, 3.63) is 10.4 Å². The van der Waals surface area contributed by atoms with Gasteiger partial charge in [-0.1, -0.05) is 24.4 Å². The Labute approximate surface area is 121 Å². The minimum atomic E-state index is -3.64. The third-order valence-corrected chi connectivity index (χ3v) is 6.55. The van der Waals surface area contributed by atoms with Gasteiger partial charge in [0.25, 0.3) is 10.0 Å². The first-order valence-corrected chi connectivity index (χ1v) is 8.71. The van der Waals surface area contributed by atoms with Gasteiger partial charge >= 0.3 is 0 Å². The second-order valence-electron chi connectivity index (χ2n) is 5.18. The molecule has 1 saturated carbocycles. The van der Waals surface area contributed by atoms with Crippen LogP contribution in [0.2, 0.25) is 4.34 Å². The first kappa shape index (κ1) is 13.2. The Morgan fingerprint density at radius 2 is 2.16 bits per heavy atom. The van der Waals surface area contributed by atoms with Crippen LogP contribution in [0.4, 0.5) is 5.69 Å². The summed E-state index contributed by atoms with van der Waals surface area (Å²) in [6.45, 7) is 2.09. The summed E-state index contributed by atoms with van der Waals surface area (Å²) in [5.74, 6) is 0.298. The fraction of sp³-hybridized carbons (Fsp3) is 0.545. The molecule has 0 saturated heterocycles. The largest absolute Gasteiger partial charge is 0.350 e. The van der Waals surface area contributed by atoms with Gasteiger partial charge in [-0.25, -0.2) is 0 Å². The highest BCUT2D eigenvalue weighted by Gasteiger charge is 2.33. The molecule has 1 aromatic rings. The van der Waals surface area contributed by atoms with Gasteiger partial charge in [0.2, 0.25) is 5.96 Å². The Balaban J connectivity index is 1.91. The van der Waals surface area contributed by atoms with E-state index in [0.29, 0.717) is 16.0 Å². The number of anilines is 1. The Morgan fingerprint density at radius 1 is 1.47 bits per heavy atom. The standard InChI is InChI=1S/C11H14ClN3O2S2/c1-11(4-2-3-5-11)14-10-13-7-6-8(12)18-9(7)19(16,17)15-10/h6H,2-5H2,1H3,(H2,13,14,15). The highest BCUT2D eigenvalue weighted by Crippen LogP contribution is 2.38. The van der Waals surface area contributed by atoms with Crippen molar-refractivity contribution >= 4 is 44.6 Å². The lowest BCUT2D eigenvalue weighted by atomic mass is 10.0. The van der Waals surface area contributed by atoms with E-state index >= 15 is 0 Å². The number of guanidine groups is 1. The van der Waals surface area contributed by atoms with Crippen molar-refractivity contribution in [1.29, 1.82) is 0 Å². The van der Waals surface area contributed by atoms with Gasteiger partial charge in [0.05, 0.1) is 10.0 Å². The number of hydrogen-bond donors (Lipinski definition) is 2. The van der Waals surface area contributed by atoms with Crippen LogP contribution in [0.5, 0.6) is 0 Å². The molecule has 8 heteroatoms. The number of rotatable bonds is 1. The van der Waals surface area contributed by atoms with E-state index in [9.17, 15) is 8.42 Å². The van der Waals surface area contributed by atoms with Gasteiger partial charge in [-0.15, -0.1) is 15.7 Å². The van der Waals surface area contributed by atoms with Gasteiger partial charge in [-0.2, -0.15) is 8.42 Å². The second-order valence-corrected chi connectivity index (χ2v) is 8.67. The Morgan fingerprint density at radius 3 is 2.84 bits per heavy atom. The van der Waals surface area contributed by atoms with Gasteiger partial charge in [-0.05, 0) is 25.8 Å². The maximum atomic E-state index is 12.1. The number of sulfonamides is 1. The van der Waals surface area contributed by atoms with Crippen LogP contribution >= 0.6 is 22.9 Å². The quantitative estimate of drug-likeness (QED) is 0.835. The van der Waals surface area contributed by atoms with Crippen molar-refractivity contribution in [2.45, 2.75) is 42.4 Å². The molecule has 0 spiro atoms. The van der Waals surface area contributed by atoms with E-state index in [1.807, 2.05) is 0 Å².